The van der Waals surface area contributed by atoms with Crippen LogP contribution in [0.25, 0.3) is 11.2 Å². The van der Waals surface area contributed by atoms with Crippen LogP contribution in [0.2, 0.25) is 0 Å². The first kappa shape index (κ1) is 19.0. The summed E-state index contributed by atoms with van der Waals surface area (Å²) < 4.78 is 10.1. The van der Waals surface area contributed by atoms with Gasteiger partial charge < -0.3 is 14.2 Å². The molecule has 0 fully saturated rings. The number of nitrogens with zero attached hydrogens (tertiary/aromatic N) is 5. The Kier molecular flexibility index (Phi) is 4.56. The molecule has 29 heavy (non-hydrogen) atoms. The highest BCUT2D eigenvalue weighted by Gasteiger charge is 2.28. The van der Waals surface area contributed by atoms with Crippen molar-refractivity contribution in [3.8, 4) is 5.75 Å². The van der Waals surface area contributed by atoms with E-state index in [-0.39, 0.29) is 17.8 Å². The summed E-state index contributed by atoms with van der Waals surface area (Å²) >= 11 is 0. The predicted octanol–water partition coefficient (Wildman–Crippen LogP) is 2.33. The number of allylic oxidation sites excluding steroid dienone is 1. The summed E-state index contributed by atoms with van der Waals surface area (Å²) in [5.41, 5.74) is 2.86. The summed E-state index contributed by atoms with van der Waals surface area (Å²) in [5, 5.41) is 0. The molecular weight excluding hydrogens is 370 g/mol. The molecule has 0 saturated heterocycles. The van der Waals surface area contributed by atoms with Crippen molar-refractivity contribution in [3.05, 3.63) is 56.8 Å². The SMILES string of the molecule is C=C(C)Cn1c(=O)c2c(nc3n2CCCN3c2cc(C)ccc2OC)n(C)c1=O. The molecule has 0 unspecified atom stereocenters. The van der Waals surface area contributed by atoms with E-state index in [2.05, 4.69) is 11.5 Å². The Labute approximate surface area is 168 Å². The first-order valence-corrected chi connectivity index (χ1v) is 9.60. The maximum absolute atomic E-state index is 13.2. The number of methoxy groups -OCH3 is 1. The van der Waals surface area contributed by atoms with E-state index in [4.69, 9.17) is 9.72 Å². The molecule has 0 saturated carbocycles. The molecule has 0 aliphatic carbocycles. The number of benzene rings is 1. The van der Waals surface area contributed by atoms with Crippen molar-refractivity contribution in [3.63, 3.8) is 0 Å². The van der Waals surface area contributed by atoms with E-state index in [0.29, 0.717) is 23.7 Å². The Morgan fingerprint density at radius 1 is 1.28 bits per heavy atom. The highest BCUT2D eigenvalue weighted by molar-refractivity contribution is 5.78. The molecule has 8 heteroatoms. The van der Waals surface area contributed by atoms with E-state index in [0.717, 1.165) is 35.5 Å². The van der Waals surface area contributed by atoms with Crippen molar-refractivity contribution < 1.29 is 4.74 Å². The van der Waals surface area contributed by atoms with Gasteiger partial charge in [0.1, 0.15) is 5.75 Å². The van der Waals surface area contributed by atoms with E-state index in [1.165, 1.54) is 9.13 Å². The largest absolute Gasteiger partial charge is 0.495 e. The summed E-state index contributed by atoms with van der Waals surface area (Å²) in [4.78, 5) is 32.7. The fourth-order valence-electron chi connectivity index (χ4n) is 3.91. The van der Waals surface area contributed by atoms with Crippen LogP contribution in [0.1, 0.15) is 18.9 Å². The zero-order valence-corrected chi connectivity index (χ0v) is 17.2. The fourth-order valence-corrected chi connectivity index (χ4v) is 3.91. The molecule has 4 rings (SSSR count). The zero-order valence-electron chi connectivity index (χ0n) is 17.2. The summed E-state index contributed by atoms with van der Waals surface area (Å²) in [6.07, 6.45) is 0.846. The fraction of sp³-hybridized carbons (Fsp3) is 0.381. The van der Waals surface area contributed by atoms with Gasteiger partial charge in [0, 0.05) is 20.1 Å². The molecule has 8 nitrogen and oxygen atoms in total. The Bertz CT molecular complexity index is 1250. The summed E-state index contributed by atoms with van der Waals surface area (Å²) in [7, 11) is 3.29. The van der Waals surface area contributed by atoms with Crippen LogP contribution in [0.15, 0.2) is 39.9 Å². The number of hydrogen-bond acceptors (Lipinski definition) is 5. The van der Waals surface area contributed by atoms with Crippen molar-refractivity contribution in [2.24, 2.45) is 7.05 Å². The lowest BCUT2D eigenvalue weighted by Gasteiger charge is -2.30. The third kappa shape index (κ3) is 2.95. The average Bonchev–Trinajstić information content (AvgIpc) is 3.09. The molecule has 152 valence electrons. The van der Waals surface area contributed by atoms with Crippen LogP contribution >= 0.6 is 0 Å². The molecule has 1 aliphatic heterocycles. The number of imidazole rings is 1. The Hall–Kier alpha value is -3.29. The molecule has 0 amide bonds. The number of rotatable bonds is 4. The number of fused-ring (bicyclic) bond motifs is 3. The van der Waals surface area contributed by atoms with Crippen molar-refractivity contribution in [1.29, 1.82) is 0 Å². The van der Waals surface area contributed by atoms with Crippen molar-refractivity contribution in [1.82, 2.24) is 18.7 Å². The van der Waals surface area contributed by atoms with Crippen LogP contribution in [0.4, 0.5) is 11.6 Å². The quantitative estimate of drug-likeness (QED) is 0.634. The van der Waals surface area contributed by atoms with Gasteiger partial charge in [0.05, 0.1) is 19.3 Å². The highest BCUT2D eigenvalue weighted by atomic mass is 16.5. The van der Waals surface area contributed by atoms with Gasteiger partial charge >= 0.3 is 5.69 Å². The van der Waals surface area contributed by atoms with E-state index in [9.17, 15) is 9.59 Å². The second-order valence-electron chi connectivity index (χ2n) is 7.61. The van der Waals surface area contributed by atoms with Crippen molar-refractivity contribution >= 4 is 22.8 Å². The monoisotopic (exact) mass is 395 g/mol. The molecule has 1 aliphatic rings. The summed E-state index contributed by atoms with van der Waals surface area (Å²) in [5.74, 6) is 1.39. The number of aryl methyl sites for hydroxylation is 3. The molecule has 3 aromatic rings. The van der Waals surface area contributed by atoms with E-state index >= 15 is 0 Å². The van der Waals surface area contributed by atoms with Gasteiger partial charge in [0.15, 0.2) is 11.2 Å². The predicted molar refractivity (Wildman–Crippen MR) is 113 cm³/mol. The molecule has 0 bridgehead atoms. The lowest BCUT2D eigenvalue weighted by atomic mass is 10.1. The van der Waals surface area contributed by atoms with E-state index < -0.39 is 0 Å². The Balaban J connectivity index is 2.00. The molecule has 0 atom stereocenters. The first-order chi connectivity index (χ1) is 13.8. The van der Waals surface area contributed by atoms with Crippen molar-refractivity contribution in [2.75, 3.05) is 18.6 Å². The second kappa shape index (κ2) is 6.95. The van der Waals surface area contributed by atoms with Gasteiger partial charge in [-0.25, -0.2) is 4.79 Å². The van der Waals surface area contributed by atoms with Gasteiger partial charge in [-0.15, -0.1) is 0 Å². The van der Waals surface area contributed by atoms with Gasteiger partial charge in [-0.2, -0.15) is 4.98 Å². The van der Waals surface area contributed by atoms with Gasteiger partial charge in [0.2, 0.25) is 5.95 Å². The standard InChI is InChI=1S/C21H25N5O3/c1-13(2)12-26-19(27)17-18(23(4)21(26)28)22-20-24(9-6-10-25(17)20)15-11-14(3)7-8-16(15)29-5/h7-8,11H,1,6,9-10,12H2,2-5H3. The highest BCUT2D eigenvalue weighted by Crippen LogP contribution is 2.37. The zero-order chi connectivity index (χ0) is 20.9. The third-order valence-corrected chi connectivity index (χ3v) is 5.27. The van der Waals surface area contributed by atoms with Crippen LogP contribution in [-0.4, -0.2) is 32.3 Å². The van der Waals surface area contributed by atoms with Gasteiger partial charge in [-0.05, 0) is 38.0 Å². The molecule has 2 aromatic heterocycles. The van der Waals surface area contributed by atoms with Crippen LogP contribution < -0.4 is 20.9 Å². The molecule has 0 spiro atoms. The van der Waals surface area contributed by atoms with Gasteiger partial charge in [-0.1, -0.05) is 18.2 Å². The van der Waals surface area contributed by atoms with Crippen LogP contribution in [0, 0.1) is 6.92 Å². The van der Waals surface area contributed by atoms with Crippen molar-refractivity contribution in [2.45, 2.75) is 33.4 Å². The Morgan fingerprint density at radius 3 is 2.72 bits per heavy atom. The second-order valence-corrected chi connectivity index (χ2v) is 7.61. The first-order valence-electron chi connectivity index (χ1n) is 9.60. The van der Waals surface area contributed by atoms with Crippen LogP contribution in [-0.2, 0) is 20.1 Å². The minimum Gasteiger partial charge on any atom is -0.495 e. The van der Waals surface area contributed by atoms with Crippen LogP contribution in [0.5, 0.6) is 5.75 Å². The number of aromatic nitrogens is 4. The van der Waals surface area contributed by atoms with Crippen LogP contribution in [0.3, 0.4) is 0 Å². The third-order valence-electron chi connectivity index (χ3n) is 5.27. The number of anilines is 2. The summed E-state index contributed by atoms with van der Waals surface area (Å²) in [6.45, 7) is 9.27. The van der Waals surface area contributed by atoms with E-state index in [1.54, 1.807) is 21.1 Å². The summed E-state index contributed by atoms with van der Waals surface area (Å²) in [6, 6.07) is 5.98. The molecular formula is C21H25N5O3. The number of hydrogen-bond donors (Lipinski definition) is 0. The molecule has 0 N–H and O–H groups in total. The minimum absolute atomic E-state index is 0.192. The lowest BCUT2D eigenvalue weighted by Crippen LogP contribution is -2.40. The normalized spacial score (nSPS) is 13.6. The Morgan fingerprint density at radius 2 is 2.03 bits per heavy atom. The lowest BCUT2D eigenvalue weighted by molar-refractivity contribution is 0.414. The topological polar surface area (TPSA) is 74.3 Å². The molecule has 0 radical (unpaired) electrons. The smallest absolute Gasteiger partial charge is 0.332 e. The average molecular weight is 395 g/mol. The van der Waals surface area contributed by atoms with E-state index in [1.807, 2.05) is 29.7 Å². The molecule has 3 heterocycles. The maximum Gasteiger partial charge on any atom is 0.332 e. The number of ether oxygens (including phenoxy) is 1. The molecule has 1 aromatic carbocycles. The van der Waals surface area contributed by atoms with Gasteiger partial charge in [0.25, 0.3) is 5.56 Å². The minimum atomic E-state index is -0.388. The van der Waals surface area contributed by atoms with Gasteiger partial charge in [-0.3, -0.25) is 13.9 Å². The maximum atomic E-state index is 13.2.